The average molecular weight is 250 g/mol. The molecule has 94 valence electrons. The van der Waals surface area contributed by atoms with E-state index in [1.54, 1.807) is 0 Å². The van der Waals surface area contributed by atoms with Crippen LogP contribution in [0.5, 0.6) is 11.5 Å². The summed E-state index contributed by atoms with van der Waals surface area (Å²) in [5.41, 5.74) is 0.347. The van der Waals surface area contributed by atoms with Crippen molar-refractivity contribution in [3.8, 4) is 11.5 Å². The highest BCUT2D eigenvalue weighted by atomic mass is 19.1. The predicted octanol–water partition coefficient (Wildman–Crippen LogP) is 3.81. The van der Waals surface area contributed by atoms with Crippen molar-refractivity contribution in [2.24, 2.45) is 0 Å². The molecule has 1 unspecified atom stereocenters. The maximum atomic E-state index is 13.1. The van der Waals surface area contributed by atoms with Crippen LogP contribution in [0.15, 0.2) is 42.5 Å². The van der Waals surface area contributed by atoms with Gasteiger partial charge in [0.15, 0.2) is 0 Å². The topological polar surface area (TPSA) is 29.5 Å². The second-order valence-corrected chi connectivity index (χ2v) is 3.91. The number of ether oxygens (including phenoxy) is 1. The first-order chi connectivity index (χ1) is 8.56. The third kappa shape index (κ3) is 2.84. The van der Waals surface area contributed by atoms with E-state index in [1.807, 2.05) is 0 Å². The molecule has 1 atom stereocenters. The quantitative estimate of drug-likeness (QED) is 0.897. The molecule has 0 fully saturated rings. The molecule has 2 aromatic rings. The molecule has 2 rings (SSSR count). The van der Waals surface area contributed by atoms with Gasteiger partial charge in [-0.25, -0.2) is 8.78 Å². The zero-order valence-corrected chi connectivity index (χ0v) is 9.73. The summed E-state index contributed by atoms with van der Waals surface area (Å²) in [6, 6.07) is 9.34. The Morgan fingerprint density at radius 1 is 1.00 bits per heavy atom. The predicted molar refractivity (Wildman–Crippen MR) is 63.5 cm³/mol. The minimum absolute atomic E-state index is 0.345. The lowest BCUT2D eigenvalue weighted by Gasteiger charge is -2.13. The van der Waals surface area contributed by atoms with Crippen molar-refractivity contribution in [1.82, 2.24) is 0 Å². The van der Waals surface area contributed by atoms with Crippen molar-refractivity contribution in [2.75, 3.05) is 0 Å². The molecule has 0 aliphatic heterocycles. The summed E-state index contributed by atoms with van der Waals surface area (Å²) in [6.45, 7) is 1.52. The third-order valence-electron chi connectivity index (χ3n) is 2.46. The van der Waals surface area contributed by atoms with E-state index < -0.39 is 11.9 Å². The van der Waals surface area contributed by atoms with E-state index in [1.165, 1.54) is 49.4 Å². The fraction of sp³-hybridized carbons (Fsp3) is 0.143. The molecule has 4 heteroatoms. The van der Waals surface area contributed by atoms with Gasteiger partial charge in [0.1, 0.15) is 23.1 Å². The van der Waals surface area contributed by atoms with Gasteiger partial charge in [-0.2, -0.15) is 0 Å². The first-order valence-corrected chi connectivity index (χ1v) is 5.47. The molecule has 18 heavy (non-hydrogen) atoms. The molecular weight excluding hydrogens is 238 g/mol. The Morgan fingerprint density at radius 2 is 1.61 bits per heavy atom. The van der Waals surface area contributed by atoms with Gasteiger partial charge in [0.25, 0.3) is 0 Å². The maximum absolute atomic E-state index is 13.1. The Bertz CT molecular complexity index is 536. The summed E-state index contributed by atoms with van der Waals surface area (Å²) >= 11 is 0. The van der Waals surface area contributed by atoms with Gasteiger partial charge in [0.05, 0.1) is 6.10 Å². The normalized spacial score (nSPS) is 12.2. The summed E-state index contributed by atoms with van der Waals surface area (Å²) in [5, 5.41) is 9.54. The van der Waals surface area contributed by atoms with Gasteiger partial charge >= 0.3 is 0 Å². The number of hydrogen-bond donors (Lipinski definition) is 1. The largest absolute Gasteiger partial charge is 0.457 e. The van der Waals surface area contributed by atoms with Crippen LogP contribution in [-0.2, 0) is 0 Å². The highest BCUT2D eigenvalue weighted by Crippen LogP contribution is 2.30. The van der Waals surface area contributed by atoms with E-state index in [9.17, 15) is 13.9 Å². The van der Waals surface area contributed by atoms with Crippen LogP contribution in [0.3, 0.4) is 0 Å². The molecule has 0 amide bonds. The highest BCUT2D eigenvalue weighted by molar-refractivity contribution is 5.39. The van der Waals surface area contributed by atoms with Gasteiger partial charge < -0.3 is 9.84 Å². The number of hydrogen-bond acceptors (Lipinski definition) is 2. The van der Waals surface area contributed by atoms with Crippen molar-refractivity contribution in [1.29, 1.82) is 0 Å². The van der Waals surface area contributed by atoms with Crippen LogP contribution in [0.2, 0.25) is 0 Å². The Kier molecular flexibility index (Phi) is 3.58. The van der Waals surface area contributed by atoms with Crippen molar-refractivity contribution in [3.63, 3.8) is 0 Å². The van der Waals surface area contributed by atoms with Gasteiger partial charge in [-0.1, -0.05) is 0 Å². The minimum Gasteiger partial charge on any atom is -0.457 e. The fourth-order valence-corrected chi connectivity index (χ4v) is 1.57. The zero-order valence-electron chi connectivity index (χ0n) is 9.73. The molecule has 0 aliphatic rings. The van der Waals surface area contributed by atoms with Crippen LogP contribution in [0.1, 0.15) is 18.6 Å². The van der Waals surface area contributed by atoms with Crippen LogP contribution in [0.25, 0.3) is 0 Å². The Balaban J connectivity index is 2.31. The minimum atomic E-state index is -0.851. The second-order valence-electron chi connectivity index (χ2n) is 3.91. The average Bonchev–Trinajstić information content (AvgIpc) is 2.34. The van der Waals surface area contributed by atoms with Gasteiger partial charge in [0, 0.05) is 5.56 Å². The molecule has 2 aromatic carbocycles. The van der Waals surface area contributed by atoms with E-state index in [4.69, 9.17) is 4.74 Å². The Hall–Kier alpha value is -1.94. The van der Waals surface area contributed by atoms with Crippen LogP contribution in [0, 0.1) is 11.6 Å². The summed E-state index contributed by atoms with van der Waals surface area (Å²) in [5.74, 6) is -0.0440. The van der Waals surface area contributed by atoms with Crippen LogP contribution < -0.4 is 4.74 Å². The fourth-order valence-electron chi connectivity index (χ4n) is 1.57. The lowest BCUT2D eigenvalue weighted by atomic mass is 10.1. The van der Waals surface area contributed by atoms with E-state index in [0.717, 1.165) is 0 Å². The number of aliphatic hydroxyl groups excluding tert-OH is 1. The van der Waals surface area contributed by atoms with Crippen molar-refractivity contribution in [3.05, 3.63) is 59.7 Å². The van der Waals surface area contributed by atoms with E-state index in [2.05, 4.69) is 0 Å². The molecule has 0 aliphatic carbocycles. The molecule has 0 saturated heterocycles. The lowest BCUT2D eigenvalue weighted by Crippen LogP contribution is -1.97. The summed E-state index contributed by atoms with van der Waals surface area (Å²) in [7, 11) is 0. The Morgan fingerprint density at radius 3 is 2.22 bits per heavy atom. The standard InChI is InChI=1S/C14H12F2O2/c1-9(17)13-8-11(16)4-7-14(13)18-12-5-2-10(15)3-6-12/h2-9,17H,1H3. The Labute approximate surface area is 103 Å². The first kappa shape index (κ1) is 12.5. The second kappa shape index (κ2) is 5.14. The summed E-state index contributed by atoms with van der Waals surface area (Å²) < 4.78 is 31.3. The summed E-state index contributed by atoms with van der Waals surface area (Å²) in [6.07, 6.45) is -0.851. The van der Waals surface area contributed by atoms with E-state index >= 15 is 0 Å². The van der Waals surface area contributed by atoms with Gasteiger partial charge in [-0.05, 0) is 49.4 Å². The van der Waals surface area contributed by atoms with Crippen LogP contribution in [0.4, 0.5) is 8.78 Å². The van der Waals surface area contributed by atoms with Gasteiger partial charge in [0.2, 0.25) is 0 Å². The van der Waals surface area contributed by atoms with Crippen molar-refractivity contribution in [2.45, 2.75) is 13.0 Å². The maximum Gasteiger partial charge on any atom is 0.133 e. The number of aliphatic hydroxyl groups is 1. The molecule has 0 radical (unpaired) electrons. The van der Waals surface area contributed by atoms with Crippen molar-refractivity contribution >= 4 is 0 Å². The van der Waals surface area contributed by atoms with E-state index in [-0.39, 0.29) is 5.82 Å². The molecule has 0 heterocycles. The monoisotopic (exact) mass is 250 g/mol. The molecule has 2 nitrogen and oxygen atoms in total. The van der Waals surface area contributed by atoms with Gasteiger partial charge in [-0.15, -0.1) is 0 Å². The summed E-state index contributed by atoms with van der Waals surface area (Å²) in [4.78, 5) is 0. The van der Waals surface area contributed by atoms with Gasteiger partial charge in [-0.3, -0.25) is 0 Å². The molecular formula is C14H12F2O2. The molecule has 0 spiro atoms. The van der Waals surface area contributed by atoms with E-state index in [0.29, 0.717) is 17.1 Å². The lowest BCUT2D eigenvalue weighted by molar-refractivity contribution is 0.195. The SMILES string of the molecule is CC(O)c1cc(F)ccc1Oc1ccc(F)cc1. The van der Waals surface area contributed by atoms with Crippen molar-refractivity contribution < 1.29 is 18.6 Å². The van der Waals surface area contributed by atoms with Crippen LogP contribution >= 0.6 is 0 Å². The smallest absolute Gasteiger partial charge is 0.133 e. The highest BCUT2D eigenvalue weighted by Gasteiger charge is 2.11. The number of benzene rings is 2. The molecule has 0 saturated carbocycles. The molecule has 1 N–H and O–H groups in total. The molecule has 0 aromatic heterocycles. The van der Waals surface area contributed by atoms with Crippen LogP contribution in [-0.4, -0.2) is 5.11 Å². The molecule has 0 bridgehead atoms. The first-order valence-electron chi connectivity index (χ1n) is 5.47. The third-order valence-corrected chi connectivity index (χ3v) is 2.46. The number of halogens is 2. The number of rotatable bonds is 3. The zero-order chi connectivity index (χ0) is 13.1.